The summed E-state index contributed by atoms with van der Waals surface area (Å²) in [6, 6.07) is -0.0381. The maximum atomic E-state index is 11.8. The van der Waals surface area contributed by atoms with Crippen molar-refractivity contribution in [3.8, 4) is 5.88 Å². The number of aromatic hydroxyl groups is 1. The molecule has 20 heavy (non-hydrogen) atoms. The number of nitrogens with zero attached hydrogens (tertiary/aromatic N) is 2. The number of aromatic nitrogens is 2. The van der Waals surface area contributed by atoms with Crippen molar-refractivity contribution in [2.75, 3.05) is 27.2 Å². The molecule has 0 amide bonds. The van der Waals surface area contributed by atoms with Crippen molar-refractivity contribution in [1.82, 2.24) is 9.55 Å². The summed E-state index contributed by atoms with van der Waals surface area (Å²) in [4.78, 5) is 19.9. The van der Waals surface area contributed by atoms with Gasteiger partial charge >= 0.3 is 0 Å². The minimum atomic E-state index is -0.411. The van der Waals surface area contributed by atoms with E-state index in [-0.39, 0.29) is 22.3 Å². The Balaban J connectivity index is 2.96. The molecule has 112 valence electrons. The third-order valence-electron chi connectivity index (χ3n) is 2.85. The van der Waals surface area contributed by atoms with Crippen LogP contribution < -0.4 is 10.5 Å². The molecule has 1 rings (SSSR count). The lowest BCUT2D eigenvalue weighted by atomic mass is 10.3. The third-order valence-corrected chi connectivity index (χ3v) is 3.15. The highest BCUT2D eigenvalue weighted by molar-refractivity contribution is 7.71. The van der Waals surface area contributed by atoms with Gasteiger partial charge in [-0.15, -0.1) is 0 Å². The van der Waals surface area contributed by atoms with E-state index in [1.165, 1.54) is 15.7 Å². The summed E-state index contributed by atoms with van der Waals surface area (Å²) in [5.74, 6) is -0.129. The van der Waals surface area contributed by atoms with Gasteiger partial charge in [0.15, 0.2) is 4.77 Å². The molecule has 3 N–H and O–H groups in total. The van der Waals surface area contributed by atoms with E-state index < -0.39 is 5.56 Å². The predicted molar refractivity (Wildman–Crippen MR) is 82.7 cm³/mol. The largest absolute Gasteiger partial charge is 0.494 e. The van der Waals surface area contributed by atoms with E-state index in [0.29, 0.717) is 6.54 Å². The predicted octanol–water partition coefficient (Wildman–Crippen LogP) is 0.146. The SMILES string of the molecule is CC(C)n1c(O)c(C=NCCC[NH+](C)C)c(=O)[nH]c1=S. The molecule has 0 aliphatic rings. The molecule has 0 fully saturated rings. The van der Waals surface area contributed by atoms with Gasteiger partial charge in [0.25, 0.3) is 5.56 Å². The summed E-state index contributed by atoms with van der Waals surface area (Å²) in [6.45, 7) is 5.40. The molecular formula is C13H23N4O2S+. The van der Waals surface area contributed by atoms with E-state index in [4.69, 9.17) is 12.2 Å². The molecule has 6 nitrogen and oxygen atoms in total. The lowest BCUT2D eigenvalue weighted by Crippen LogP contribution is -3.05. The van der Waals surface area contributed by atoms with Crippen LogP contribution in [0.5, 0.6) is 5.88 Å². The topological polar surface area (TPSA) is 74.8 Å². The zero-order valence-electron chi connectivity index (χ0n) is 12.4. The molecule has 0 bridgehead atoms. The van der Waals surface area contributed by atoms with E-state index in [9.17, 15) is 9.90 Å². The number of nitrogens with one attached hydrogen (secondary N) is 2. The summed E-state index contributed by atoms with van der Waals surface area (Å²) in [7, 11) is 4.15. The highest BCUT2D eigenvalue weighted by atomic mass is 32.1. The van der Waals surface area contributed by atoms with Crippen LogP contribution in [0.4, 0.5) is 0 Å². The second-order valence-corrected chi connectivity index (χ2v) is 5.69. The molecule has 0 radical (unpaired) electrons. The minimum absolute atomic E-state index is 0.0381. The Morgan fingerprint density at radius 2 is 2.15 bits per heavy atom. The van der Waals surface area contributed by atoms with Gasteiger partial charge in [0.05, 0.1) is 20.6 Å². The first kappa shape index (κ1) is 16.6. The minimum Gasteiger partial charge on any atom is -0.494 e. The van der Waals surface area contributed by atoms with E-state index in [2.05, 4.69) is 24.1 Å². The van der Waals surface area contributed by atoms with Gasteiger partial charge in [-0.3, -0.25) is 19.3 Å². The molecule has 0 unspecified atom stereocenters. The van der Waals surface area contributed by atoms with Crippen molar-refractivity contribution in [1.29, 1.82) is 0 Å². The Morgan fingerprint density at radius 3 is 2.70 bits per heavy atom. The second-order valence-electron chi connectivity index (χ2n) is 5.31. The molecule has 1 aromatic rings. The fraction of sp³-hybridized carbons (Fsp3) is 0.615. The van der Waals surface area contributed by atoms with Gasteiger partial charge in [0.1, 0.15) is 5.56 Å². The standard InChI is InChI=1S/C13H22N4O2S/c1-9(2)17-12(19)10(11(18)15-13(17)20)8-14-6-5-7-16(3)4/h8-9,19H,5-7H2,1-4H3,(H,15,18,20)/p+1. The van der Waals surface area contributed by atoms with Gasteiger partial charge in [-0.1, -0.05) is 0 Å². The number of hydrogen-bond acceptors (Lipinski definition) is 4. The number of quaternary nitrogens is 1. The number of hydrogen-bond donors (Lipinski definition) is 3. The van der Waals surface area contributed by atoms with Crippen molar-refractivity contribution in [3.05, 3.63) is 20.7 Å². The zero-order chi connectivity index (χ0) is 15.3. The summed E-state index contributed by atoms with van der Waals surface area (Å²) >= 11 is 5.05. The summed E-state index contributed by atoms with van der Waals surface area (Å²) in [6.07, 6.45) is 2.35. The normalized spacial score (nSPS) is 11.9. The van der Waals surface area contributed by atoms with Crippen LogP contribution in [0.1, 0.15) is 31.9 Å². The number of H-pyrrole nitrogens is 1. The van der Waals surface area contributed by atoms with E-state index >= 15 is 0 Å². The molecule has 0 atom stereocenters. The quantitative estimate of drug-likeness (QED) is 0.397. The second kappa shape index (κ2) is 7.35. The molecule has 7 heteroatoms. The van der Waals surface area contributed by atoms with Crippen LogP contribution in [-0.2, 0) is 0 Å². The Morgan fingerprint density at radius 1 is 1.50 bits per heavy atom. The lowest BCUT2D eigenvalue weighted by Gasteiger charge is -2.14. The monoisotopic (exact) mass is 299 g/mol. The van der Waals surface area contributed by atoms with Crippen LogP contribution in [0.25, 0.3) is 0 Å². The number of aliphatic imine (C=N–C) groups is 1. The molecule has 1 aromatic heterocycles. The fourth-order valence-corrected chi connectivity index (χ4v) is 2.22. The first-order valence-electron chi connectivity index (χ1n) is 6.71. The molecule has 0 saturated carbocycles. The molecule has 0 aliphatic heterocycles. The summed E-state index contributed by atoms with van der Waals surface area (Å²) < 4.78 is 1.72. The van der Waals surface area contributed by atoms with Gasteiger partial charge in [0, 0.05) is 25.2 Å². The molecule has 0 spiro atoms. The average Bonchev–Trinajstić information content (AvgIpc) is 2.30. The van der Waals surface area contributed by atoms with Crippen LogP contribution >= 0.6 is 12.2 Å². The van der Waals surface area contributed by atoms with E-state index in [0.717, 1.165) is 13.0 Å². The molecular weight excluding hydrogens is 276 g/mol. The molecule has 1 heterocycles. The van der Waals surface area contributed by atoms with Crippen LogP contribution in [0.2, 0.25) is 0 Å². The van der Waals surface area contributed by atoms with Crippen molar-refractivity contribution >= 4 is 18.4 Å². The summed E-state index contributed by atoms with van der Waals surface area (Å²) in [5.41, 5.74) is -0.254. The molecule has 0 aliphatic carbocycles. The Kier molecular flexibility index (Phi) is 6.09. The zero-order valence-corrected chi connectivity index (χ0v) is 13.3. The number of aromatic amines is 1. The van der Waals surface area contributed by atoms with Crippen molar-refractivity contribution < 1.29 is 10.0 Å². The maximum absolute atomic E-state index is 11.8. The first-order valence-corrected chi connectivity index (χ1v) is 7.12. The maximum Gasteiger partial charge on any atom is 0.264 e. The summed E-state index contributed by atoms with van der Waals surface area (Å²) in [5, 5.41) is 10.1. The average molecular weight is 299 g/mol. The Bertz CT molecular complexity index is 587. The van der Waals surface area contributed by atoms with Gasteiger partial charge in [-0.05, 0) is 26.1 Å². The highest BCUT2D eigenvalue weighted by Gasteiger charge is 2.12. The Hall–Kier alpha value is -1.47. The van der Waals surface area contributed by atoms with Crippen LogP contribution in [0.3, 0.4) is 0 Å². The van der Waals surface area contributed by atoms with Crippen molar-refractivity contribution in [3.63, 3.8) is 0 Å². The van der Waals surface area contributed by atoms with Crippen molar-refractivity contribution in [2.24, 2.45) is 4.99 Å². The Labute approximate surface area is 123 Å². The third kappa shape index (κ3) is 4.28. The molecule has 0 aromatic carbocycles. The van der Waals surface area contributed by atoms with Crippen molar-refractivity contribution in [2.45, 2.75) is 26.3 Å². The van der Waals surface area contributed by atoms with Crippen LogP contribution in [-0.4, -0.2) is 48.1 Å². The lowest BCUT2D eigenvalue weighted by molar-refractivity contribution is -0.858. The number of rotatable bonds is 6. The highest BCUT2D eigenvalue weighted by Crippen LogP contribution is 2.17. The van der Waals surface area contributed by atoms with E-state index in [1.54, 1.807) is 0 Å². The van der Waals surface area contributed by atoms with Gasteiger partial charge in [0.2, 0.25) is 5.88 Å². The van der Waals surface area contributed by atoms with Crippen LogP contribution in [0, 0.1) is 4.77 Å². The van der Waals surface area contributed by atoms with Crippen LogP contribution in [0.15, 0.2) is 9.79 Å². The smallest absolute Gasteiger partial charge is 0.264 e. The van der Waals surface area contributed by atoms with E-state index in [1.807, 2.05) is 13.8 Å². The fourth-order valence-electron chi connectivity index (χ4n) is 1.83. The first-order chi connectivity index (χ1) is 9.34. The van der Waals surface area contributed by atoms with Gasteiger partial charge < -0.3 is 10.0 Å². The molecule has 0 saturated heterocycles. The van der Waals surface area contributed by atoms with Gasteiger partial charge in [-0.2, -0.15) is 0 Å². The van der Waals surface area contributed by atoms with Gasteiger partial charge in [-0.25, -0.2) is 0 Å².